The van der Waals surface area contributed by atoms with E-state index in [1.54, 1.807) is 10.9 Å². The van der Waals surface area contributed by atoms with Gasteiger partial charge in [-0.3, -0.25) is 14.2 Å². The van der Waals surface area contributed by atoms with Gasteiger partial charge in [-0.05, 0) is 25.7 Å². The minimum Gasteiger partial charge on any atom is -0.457 e. The fourth-order valence-corrected chi connectivity index (χ4v) is 5.21. The van der Waals surface area contributed by atoms with Crippen LogP contribution < -0.4 is 10.6 Å². The van der Waals surface area contributed by atoms with E-state index >= 15 is 0 Å². The Labute approximate surface area is 246 Å². The van der Waals surface area contributed by atoms with E-state index in [9.17, 15) is 9.59 Å². The third-order valence-corrected chi connectivity index (χ3v) is 7.69. The number of carbonyl (C=O) groups excluding carboxylic acids is 2. The first-order valence-electron chi connectivity index (χ1n) is 14.4. The van der Waals surface area contributed by atoms with Crippen molar-refractivity contribution in [3.63, 3.8) is 0 Å². The molecule has 16 heteroatoms. The number of aromatic nitrogens is 8. The maximum Gasteiger partial charge on any atom is 0.293 e. The van der Waals surface area contributed by atoms with Crippen molar-refractivity contribution in [2.45, 2.75) is 82.5 Å². The number of carbonyl (C=O) groups is 2. The van der Waals surface area contributed by atoms with Crippen LogP contribution in [-0.2, 0) is 37.3 Å². The van der Waals surface area contributed by atoms with Crippen LogP contribution in [0.1, 0.15) is 75.3 Å². The number of ether oxygens (including phenoxy) is 3. The second-order valence-corrected chi connectivity index (χ2v) is 10.7. The first-order valence-corrected chi connectivity index (χ1v) is 14.4. The summed E-state index contributed by atoms with van der Waals surface area (Å²) in [4.78, 5) is 41.6. The van der Waals surface area contributed by atoms with Gasteiger partial charge in [0.05, 0.1) is 18.3 Å². The summed E-state index contributed by atoms with van der Waals surface area (Å²) in [6.07, 6.45) is 5.50. The maximum atomic E-state index is 11.6. The first-order chi connectivity index (χ1) is 21.0. The minimum atomic E-state index is -1.06. The van der Waals surface area contributed by atoms with Crippen LogP contribution in [0.4, 0.5) is 11.8 Å². The van der Waals surface area contributed by atoms with E-state index in [0.717, 1.165) is 31.4 Å². The lowest BCUT2D eigenvalue weighted by atomic mass is 10.1. The van der Waals surface area contributed by atoms with Crippen molar-refractivity contribution in [1.82, 2.24) is 39.3 Å². The molecule has 1 saturated carbocycles. The molecule has 0 radical (unpaired) electrons. The molecule has 4 aromatic heterocycles. The molecule has 2 N–H and O–H groups in total. The van der Waals surface area contributed by atoms with Gasteiger partial charge in [-0.1, -0.05) is 13.8 Å². The molecule has 1 aliphatic heterocycles. The highest BCUT2D eigenvalue weighted by molar-refractivity contribution is 5.84. The number of nitrogens with one attached hydrogen (secondary N) is 2. The summed E-state index contributed by atoms with van der Waals surface area (Å²) < 4.78 is 26.5. The van der Waals surface area contributed by atoms with Crippen molar-refractivity contribution in [3.05, 3.63) is 36.3 Å². The molecule has 2 fully saturated rings. The zero-order valence-electron chi connectivity index (χ0n) is 24.1. The molecule has 6 rings (SSSR count). The van der Waals surface area contributed by atoms with Crippen LogP contribution >= 0.6 is 0 Å². The average Bonchev–Trinajstić information content (AvgIpc) is 3.30. The Kier molecular flexibility index (Phi) is 8.18. The molecule has 1 saturated heterocycles. The van der Waals surface area contributed by atoms with Crippen LogP contribution in [0.15, 0.2) is 23.3 Å². The van der Waals surface area contributed by atoms with E-state index in [2.05, 4.69) is 44.6 Å². The Bertz CT molecular complexity index is 1560. The molecule has 1 aliphatic carbocycles. The molecule has 43 heavy (non-hydrogen) atoms. The SMILES string of the molecule is CCC(CC)Nc1nc(NCCc2cn(C)cn2)nc2c1ncn2[C@@H]1O[C@H](c2nnc(C3CC3)o2)[C@@H](OC=O)[C@H]1OC=O. The van der Waals surface area contributed by atoms with Crippen molar-refractivity contribution in [3.8, 4) is 0 Å². The Morgan fingerprint density at radius 2 is 1.81 bits per heavy atom. The van der Waals surface area contributed by atoms with E-state index < -0.39 is 24.5 Å². The molecule has 228 valence electrons. The summed E-state index contributed by atoms with van der Waals surface area (Å²) in [7, 11) is 1.92. The highest BCUT2D eigenvalue weighted by Gasteiger charge is 2.52. The molecule has 0 bridgehead atoms. The van der Waals surface area contributed by atoms with Crippen LogP contribution in [0.5, 0.6) is 0 Å². The van der Waals surface area contributed by atoms with E-state index in [4.69, 9.17) is 28.6 Å². The fourth-order valence-electron chi connectivity index (χ4n) is 5.21. The average molecular weight is 595 g/mol. The monoisotopic (exact) mass is 594 g/mol. The highest BCUT2D eigenvalue weighted by atomic mass is 16.6. The van der Waals surface area contributed by atoms with Crippen molar-refractivity contribution in [2.75, 3.05) is 17.2 Å². The van der Waals surface area contributed by atoms with Crippen LogP contribution in [0, 0.1) is 0 Å². The summed E-state index contributed by atoms with van der Waals surface area (Å²) in [5, 5.41) is 15.0. The van der Waals surface area contributed by atoms with Gasteiger partial charge in [0.15, 0.2) is 41.5 Å². The Morgan fingerprint density at radius 1 is 1.05 bits per heavy atom. The van der Waals surface area contributed by atoms with Crippen molar-refractivity contribution < 1.29 is 28.2 Å². The highest BCUT2D eigenvalue weighted by Crippen LogP contribution is 2.45. The number of hydrogen-bond acceptors (Lipinski definition) is 14. The van der Waals surface area contributed by atoms with Gasteiger partial charge in [-0.15, -0.1) is 10.2 Å². The zero-order valence-corrected chi connectivity index (χ0v) is 24.1. The molecule has 0 aromatic carbocycles. The van der Waals surface area contributed by atoms with Gasteiger partial charge in [0.2, 0.25) is 17.7 Å². The number of fused-ring (bicyclic) bond motifs is 1. The fraction of sp³-hybridized carbons (Fsp3) is 0.556. The lowest BCUT2D eigenvalue weighted by molar-refractivity contribution is -0.151. The summed E-state index contributed by atoms with van der Waals surface area (Å²) >= 11 is 0. The Balaban J connectivity index is 1.35. The summed E-state index contributed by atoms with van der Waals surface area (Å²) in [6.45, 7) is 5.29. The molecule has 4 atom stereocenters. The number of nitrogens with zero attached hydrogens (tertiary/aromatic N) is 8. The summed E-state index contributed by atoms with van der Waals surface area (Å²) in [5.74, 6) is 1.76. The predicted octanol–water partition coefficient (Wildman–Crippen LogP) is 2.43. The van der Waals surface area contributed by atoms with Gasteiger partial charge in [0, 0.05) is 38.2 Å². The van der Waals surface area contributed by atoms with Crippen molar-refractivity contribution in [1.29, 1.82) is 0 Å². The standard InChI is InChI=1S/C27H34N10O6/c1-4-16(5-2)31-22-18-23(33-27(32-22)28-9-8-17-10-36(3)11-29-17)37(12-30-18)26-21(41-14-39)19(40-13-38)20(42-26)25-35-34-24(43-25)15-6-7-15/h10-16,19-21,26H,4-9H2,1-3H3,(H2,28,31,32,33)/t19-,20+,21-,26-/m1/s1. The third-order valence-electron chi connectivity index (χ3n) is 7.69. The molecule has 16 nitrogen and oxygen atoms in total. The van der Waals surface area contributed by atoms with Gasteiger partial charge < -0.3 is 33.8 Å². The molecule has 2 aliphatic rings. The molecule has 0 amide bonds. The summed E-state index contributed by atoms with van der Waals surface area (Å²) in [6, 6.07) is 0.159. The van der Waals surface area contributed by atoms with Crippen molar-refractivity contribution in [2.24, 2.45) is 7.05 Å². The van der Waals surface area contributed by atoms with Gasteiger partial charge in [-0.25, -0.2) is 9.97 Å². The smallest absolute Gasteiger partial charge is 0.293 e. The second kappa shape index (κ2) is 12.3. The van der Waals surface area contributed by atoms with Crippen LogP contribution in [0.2, 0.25) is 0 Å². The maximum absolute atomic E-state index is 11.6. The van der Waals surface area contributed by atoms with E-state index in [-0.39, 0.29) is 30.8 Å². The van der Waals surface area contributed by atoms with Gasteiger partial charge in [0.1, 0.15) is 0 Å². The topological polar surface area (TPSA) is 186 Å². The molecular weight excluding hydrogens is 560 g/mol. The number of anilines is 2. The lowest BCUT2D eigenvalue weighted by Crippen LogP contribution is -2.34. The lowest BCUT2D eigenvalue weighted by Gasteiger charge is -2.21. The van der Waals surface area contributed by atoms with Crippen LogP contribution in [0.25, 0.3) is 11.2 Å². The third kappa shape index (κ3) is 5.86. The molecule has 0 unspecified atom stereocenters. The zero-order chi connectivity index (χ0) is 29.9. The second-order valence-electron chi connectivity index (χ2n) is 10.7. The van der Waals surface area contributed by atoms with Crippen LogP contribution in [-0.4, -0.2) is 77.0 Å². The molecule has 0 spiro atoms. The number of rotatable bonds is 15. The number of hydrogen-bond donors (Lipinski definition) is 2. The Hall–Kier alpha value is -4.60. The van der Waals surface area contributed by atoms with Crippen LogP contribution in [0.3, 0.4) is 0 Å². The molecule has 5 heterocycles. The van der Waals surface area contributed by atoms with Gasteiger partial charge in [-0.2, -0.15) is 9.97 Å². The minimum absolute atomic E-state index is 0.128. The largest absolute Gasteiger partial charge is 0.457 e. The first kappa shape index (κ1) is 28.5. The summed E-state index contributed by atoms with van der Waals surface area (Å²) in [5.41, 5.74) is 1.85. The van der Waals surface area contributed by atoms with Gasteiger partial charge in [0.25, 0.3) is 12.9 Å². The molecular formula is C27H34N10O6. The quantitative estimate of drug-likeness (QED) is 0.191. The number of imidazole rings is 2. The molecule has 4 aromatic rings. The number of aryl methyl sites for hydroxylation is 1. The van der Waals surface area contributed by atoms with E-state index in [1.165, 1.54) is 6.33 Å². The Morgan fingerprint density at radius 3 is 2.51 bits per heavy atom. The van der Waals surface area contributed by atoms with Crippen molar-refractivity contribution >= 4 is 35.9 Å². The predicted molar refractivity (Wildman–Crippen MR) is 150 cm³/mol. The van der Waals surface area contributed by atoms with E-state index in [0.29, 0.717) is 41.8 Å². The van der Waals surface area contributed by atoms with Gasteiger partial charge >= 0.3 is 0 Å². The normalized spacial score (nSPS) is 21.8. The van der Waals surface area contributed by atoms with E-state index in [1.807, 2.05) is 17.8 Å².